The van der Waals surface area contributed by atoms with E-state index in [9.17, 15) is 4.79 Å². The van der Waals surface area contributed by atoms with Crippen molar-refractivity contribution in [2.24, 2.45) is 0 Å². The summed E-state index contributed by atoms with van der Waals surface area (Å²) in [6.45, 7) is 3.85. The zero-order valence-electron chi connectivity index (χ0n) is 13.4. The highest BCUT2D eigenvalue weighted by Crippen LogP contribution is 2.38. The van der Waals surface area contributed by atoms with Gasteiger partial charge in [-0.25, -0.2) is 0 Å². The van der Waals surface area contributed by atoms with Gasteiger partial charge in [0.2, 0.25) is 5.91 Å². The molecule has 3 rings (SSSR count). The average molecular weight is 332 g/mol. The highest BCUT2D eigenvalue weighted by Gasteiger charge is 2.28. The van der Waals surface area contributed by atoms with Gasteiger partial charge in [0, 0.05) is 6.04 Å². The van der Waals surface area contributed by atoms with Gasteiger partial charge >= 0.3 is 0 Å². The van der Waals surface area contributed by atoms with E-state index in [0.717, 1.165) is 23.6 Å². The maximum atomic E-state index is 12.5. The molecule has 6 nitrogen and oxygen atoms in total. The monoisotopic (exact) mass is 332 g/mol. The number of carbonyl (C=O) groups excluding carboxylic acids is 1. The number of benzene rings is 1. The maximum absolute atomic E-state index is 12.5. The van der Waals surface area contributed by atoms with E-state index in [-0.39, 0.29) is 11.2 Å². The fraction of sp³-hybridized carbons (Fsp3) is 0.438. The molecule has 0 unspecified atom stereocenters. The number of ether oxygens (including phenoxy) is 1. The topological polar surface area (TPSA) is 69.0 Å². The lowest BCUT2D eigenvalue weighted by Gasteiger charge is -2.14. The molecule has 0 radical (unpaired) electrons. The summed E-state index contributed by atoms with van der Waals surface area (Å²) in [4.78, 5) is 12.5. The van der Waals surface area contributed by atoms with Crippen molar-refractivity contribution in [3.8, 4) is 5.75 Å². The van der Waals surface area contributed by atoms with Gasteiger partial charge in [-0.1, -0.05) is 17.8 Å². The molecule has 0 bridgehead atoms. The molecule has 1 amide bonds. The van der Waals surface area contributed by atoms with E-state index in [1.165, 1.54) is 11.8 Å². The molecular formula is C16H20N4O2S. The number of nitrogens with one attached hydrogen (secondary N) is 1. The van der Waals surface area contributed by atoms with Crippen LogP contribution >= 0.6 is 11.8 Å². The van der Waals surface area contributed by atoms with Crippen molar-refractivity contribution in [2.45, 2.75) is 43.1 Å². The highest BCUT2D eigenvalue weighted by molar-refractivity contribution is 8.00. The highest BCUT2D eigenvalue weighted by atomic mass is 32.2. The Labute approximate surface area is 139 Å². The van der Waals surface area contributed by atoms with Crippen LogP contribution in [0.25, 0.3) is 0 Å². The number of aromatic nitrogens is 3. The predicted molar refractivity (Wildman–Crippen MR) is 90.0 cm³/mol. The van der Waals surface area contributed by atoms with Gasteiger partial charge in [0.1, 0.15) is 12.1 Å². The third kappa shape index (κ3) is 3.67. The molecule has 1 fully saturated rings. The maximum Gasteiger partial charge on any atom is 0.237 e. The minimum atomic E-state index is -0.276. The molecule has 1 aliphatic rings. The van der Waals surface area contributed by atoms with Gasteiger partial charge in [-0.2, -0.15) is 0 Å². The lowest BCUT2D eigenvalue weighted by Crippen LogP contribution is -2.23. The molecule has 23 heavy (non-hydrogen) atoms. The van der Waals surface area contributed by atoms with E-state index in [1.54, 1.807) is 13.4 Å². The summed E-state index contributed by atoms with van der Waals surface area (Å²) >= 11 is 1.43. The first-order valence-corrected chi connectivity index (χ1v) is 8.48. The lowest BCUT2D eigenvalue weighted by atomic mass is 10.2. The lowest BCUT2D eigenvalue weighted by molar-refractivity contribution is -0.115. The largest absolute Gasteiger partial charge is 0.495 e. The van der Waals surface area contributed by atoms with E-state index in [2.05, 4.69) is 20.1 Å². The third-order valence-electron chi connectivity index (χ3n) is 3.74. The Kier molecular flexibility index (Phi) is 4.56. The van der Waals surface area contributed by atoms with Gasteiger partial charge in [0.05, 0.1) is 18.0 Å². The normalized spacial score (nSPS) is 15.3. The number of methoxy groups -OCH3 is 1. The Morgan fingerprint density at radius 3 is 2.96 bits per heavy atom. The van der Waals surface area contributed by atoms with Crippen LogP contribution < -0.4 is 10.1 Å². The van der Waals surface area contributed by atoms with Crippen molar-refractivity contribution in [2.75, 3.05) is 12.4 Å². The molecule has 1 aromatic carbocycles. The first-order valence-electron chi connectivity index (χ1n) is 7.60. The minimum absolute atomic E-state index is 0.0794. The van der Waals surface area contributed by atoms with Crippen molar-refractivity contribution in [1.82, 2.24) is 14.8 Å². The summed E-state index contributed by atoms with van der Waals surface area (Å²) in [5, 5.41) is 11.5. The Balaban J connectivity index is 1.68. The van der Waals surface area contributed by atoms with Gasteiger partial charge in [0.15, 0.2) is 5.16 Å². The molecule has 1 saturated carbocycles. The van der Waals surface area contributed by atoms with E-state index in [4.69, 9.17) is 4.74 Å². The zero-order valence-corrected chi connectivity index (χ0v) is 14.3. The van der Waals surface area contributed by atoms with Crippen molar-refractivity contribution >= 4 is 23.4 Å². The van der Waals surface area contributed by atoms with Gasteiger partial charge in [-0.05, 0) is 44.4 Å². The Morgan fingerprint density at radius 1 is 1.48 bits per heavy atom. The van der Waals surface area contributed by atoms with Crippen molar-refractivity contribution < 1.29 is 9.53 Å². The molecule has 1 aliphatic carbocycles. The van der Waals surface area contributed by atoms with Crippen LogP contribution in [0.1, 0.15) is 31.4 Å². The van der Waals surface area contributed by atoms with Crippen LogP contribution in [0.15, 0.2) is 29.7 Å². The predicted octanol–water partition coefficient (Wildman–Crippen LogP) is 3.05. The SMILES string of the molecule is COc1ccc(C)cc1NC(=O)[C@H](C)Sc1nncn1C1CC1. The van der Waals surface area contributed by atoms with Crippen molar-refractivity contribution in [3.05, 3.63) is 30.1 Å². The second kappa shape index (κ2) is 6.62. The van der Waals surface area contributed by atoms with Gasteiger partial charge in [-0.15, -0.1) is 10.2 Å². The van der Waals surface area contributed by atoms with Crippen LogP contribution in [-0.4, -0.2) is 33.0 Å². The summed E-state index contributed by atoms with van der Waals surface area (Å²) in [5.74, 6) is 0.576. The van der Waals surface area contributed by atoms with E-state index in [0.29, 0.717) is 17.5 Å². The van der Waals surface area contributed by atoms with Gasteiger partial charge in [-0.3, -0.25) is 4.79 Å². The molecule has 0 spiro atoms. The van der Waals surface area contributed by atoms with Crippen molar-refractivity contribution in [3.63, 3.8) is 0 Å². The second-order valence-electron chi connectivity index (χ2n) is 5.71. The number of thioether (sulfide) groups is 1. The van der Waals surface area contributed by atoms with Crippen LogP contribution in [0.2, 0.25) is 0 Å². The average Bonchev–Trinajstić information content (AvgIpc) is 3.27. The molecule has 2 aromatic rings. The Bertz CT molecular complexity index is 712. The van der Waals surface area contributed by atoms with Crippen molar-refractivity contribution in [1.29, 1.82) is 0 Å². The molecule has 122 valence electrons. The third-order valence-corrected chi connectivity index (χ3v) is 4.82. The van der Waals surface area contributed by atoms with E-state index < -0.39 is 0 Å². The first kappa shape index (κ1) is 15.9. The molecule has 7 heteroatoms. The molecule has 1 atom stereocenters. The fourth-order valence-corrected chi connectivity index (χ4v) is 3.18. The Hall–Kier alpha value is -2.02. The smallest absolute Gasteiger partial charge is 0.237 e. The van der Waals surface area contributed by atoms with Crippen LogP contribution in [-0.2, 0) is 4.79 Å². The molecule has 1 aromatic heterocycles. The van der Waals surface area contributed by atoms with Crippen LogP contribution in [0.3, 0.4) is 0 Å². The quantitative estimate of drug-likeness (QED) is 0.823. The summed E-state index contributed by atoms with van der Waals surface area (Å²) in [5.41, 5.74) is 1.75. The summed E-state index contributed by atoms with van der Waals surface area (Å²) < 4.78 is 7.35. The summed E-state index contributed by atoms with van der Waals surface area (Å²) in [7, 11) is 1.59. The minimum Gasteiger partial charge on any atom is -0.495 e. The van der Waals surface area contributed by atoms with Gasteiger partial charge < -0.3 is 14.6 Å². The van der Waals surface area contributed by atoms with Crippen LogP contribution in [0.5, 0.6) is 5.75 Å². The standard InChI is InChI=1S/C16H20N4O2S/c1-10-4-7-14(22-3)13(8-10)18-15(21)11(2)23-16-19-17-9-20(16)12-5-6-12/h4,7-9,11-12H,5-6H2,1-3H3,(H,18,21)/t11-/m0/s1. The van der Waals surface area contributed by atoms with Crippen LogP contribution in [0, 0.1) is 6.92 Å². The number of nitrogens with zero attached hydrogens (tertiary/aromatic N) is 3. The zero-order chi connectivity index (χ0) is 16.4. The number of carbonyl (C=O) groups is 1. The number of hydrogen-bond acceptors (Lipinski definition) is 5. The second-order valence-corrected chi connectivity index (χ2v) is 7.01. The molecule has 0 saturated heterocycles. The summed E-state index contributed by atoms with van der Waals surface area (Å²) in [6.07, 6.45) is 4.06. The molecule has 0 aliphatic heterocycles. The number of amides is 1. The molecule has 1 heterocycles. The first-order chi connectivity index (χ1) is 11.1. The van der Waals surface area contributed by atoms with Crippen LogP contribution in [0.4, 0.5) is 5.69 Å². The number of hydrogen-bond donors (Lipinski definition) is 1. The number of anilines is 1. The van der Waals surface area contributed by atoms with E-state index >= 15 is 0 Å². The number of aryl methyl sites for hydroxylation is 1. The van der Waals surface area contributed by atoms with E-state index in [1.807, 2.05) is 32.0 Å². The molecular weight excluding hydrogens is 312 g/mol. The molecule has 1 N–H and O–H groups in total. The Morgan fingerprint density at radius 2 is 2.26 bits per heavy atom. The number of rotatable bonds is 6. The summed E-state index contributed by atoms with van der Waals surface area (Å²) in [6, 6.07) is 6.21. The fourth-order valence-electron chi connectivity index (χ4n) is 2.28. The van der Waals surface area contributed by atoms with Gasteiger partial charge in [0.25, 0.3) is 0 Å².